The average molecular weight is 289 g/mol. The van der Waals surface area contributed by atoms with Crippen LogP contribution >= 0.6 is 0 Å². The molecule has 2 rings (SSSR count). The highest BCUT2D eigenvalue weighted by Gasteiger charge is 2.23. The Labute approximate surface area is 116 Å². The van der Waals surface area contributed by atoms with Gasteiger partial charge in [0.15, 0.2) is 23.3 Å². The monoisotopic (exact) mass is 289 g/mol. The SMILES string of the molecule is CCC1CCCC(Nc2c(F)c(F)cc(F)c2F)CC1. The number of benzene rings is 1. The quantitative estimate of drug-likeness (QED) is 0.468. The van der Waals surface area contributed by atoms with Gasteiger partial charge in [0.25, 0.3) is 0 Å². The Hall–Kier alpha value is -1.26. The van der Waals surface area contributed by atoms with Crippen molar-refractivity contribution in [2.45, 2.75) is 51.5 Å². The molecule has 5 heteroatoms. The molecule has 0 heterocycles. The minimum absolute atomic E-state index is 0.142. The van der Waals surface area contributed by atoms with Crippen LogP contribution in [0.5, 0.6) is 0 Å². The summed E-state index contributed by atoms with van der Waals surface area (Å²) in [6.45, 7) is 2.12. The first-order chi connectivity index (χ1) is 9.52. The summed E-state index contributed by atoms with van der Waals surface area (Å²) in [6, 6.07) is 0.0903. The summed E-state index contributed by atoms with van der Waals surface area (Å²) in [5, 5.41) is 2.65. The topological polar surface area (TPSA) is 12.0 Å². The zero-order valence-electron chi connectivity index (χ0n) is 11.5. The van der Waals surface area contributed by atoms with Gasteiger partial charge in [-0.25, -0.2) is 17.6 Å². The van der Waals surface area contributed by atoms with Crippen LogP contribution in [-0.4, -0.2) is 6.04 Å². The maximum Gasteiger partial charge on any atom is 0.185 e. The van der Waals surface area contributed by atoms with E-state index in [2.05, 4.69) is 12.2 Å². The van der Waals surface area contributed by atoms with Crippen LogP contribution in [-0.2, 0) is 0 Å². The van der Waals surface area contributed by atoms with Crippen molar-refractivity contribution in [1.82, 2.24) is 0 Å². The van der Waals surface area contributed by atoms with Crippen LogP contribution < -0.4 is 5.32 Å². The number of hydrogen-bond acceptors (Lipinski definition) is 1. The number of nitrogens with one attached hydrogen (secondary N) is 1. The van der Waals surface area contributed by atoms with E-state index in [4.69, 9.17) is 0 Å². The number of hydrogen-bond donors (Lipinski definition) is 1. The predicted molar refractivity (Wildman–Crippen MR) is 70.6 cm³/mol. The molecule has 0 aliphatic heterocycles. The van der Waals surface area contributed by atoms with E-state index in [1.165, 1.54) is 0 Å². The average Bonchev–Trinajstić information content (AvgIpc) is 2.66. The molecule has 2 atom stereocenters. The summed E-state index contributed by atoms with van der Waals surface area (Å²) in [4.78, 5) is 0. The Bertz CT molecular complexity index is 449. The first kappa shape index (κ1) is 15.1. The van der Waals surface area contributed by atoms with Crippen LogP contribution in [0.15, 0.2) is 6.07 Å². The van der Waals surface area contributed by atoms with Gasteiger partial charge < -0.3 is 5.32 Å². The van der Waals surface area contributed by atoms with Gasteiger partial charge >= 0.3 is 0 Å². The second kappa shape index (κ2) is 6.46. The second-order valence-electron chi connectivity index (χ2n) is 5.47. The molecule has 0 saturated heterocycles. The summed E-state index contributed by atoms with van der Waals surface area (Å²) < 4.78 is 53.5. The van der Waals surface area contributed by atoms with Gasteiger partial charge in [-0.15, -0.1) is 0 Å². The standard InChI is InChI=1S/C15H19F4N/c1-2-9-4-3-5-10(7-6-9)20-15-13(18)11(16)8-12(17)14(15)19/h8-10,20H,2-7H2,1H3. The minimum Gasteiger partial charge on any atom is -0.377 e. The molecule has 0 spiro atoms. The highest BCUT2D eigenvalue weighted by molar-refractivity contribution is 5.48. The number of anilines is 1. The van der Waals surface area contributed by atoms with E-state index in [-0.39, 0.29) is 12.1 Å². The van der Waals surface area contributed by atoms with E-state index in [0.717, 1.165) is 38.5 Å². The minimum atomic E-state index is -1.37. The third-order valence-electron chi connectivity index (χ3n) is 4.13. The van der Waals surface area contributed by atoms with E-state index >= 15 is 0 Å². The Morgan fingerprint density at radius 1 is 1.00 bits per heavy atom. The van der Waals surface area contributed by atoms with Crippen LogP contribution in [0.4, 0.5) is 23.2 Å². The van der Waals surface area contributed by atoms with Gasteiger partial charge in [0.2, 0.25) is 0 Å². The molecule has 1 aliphatic rings. The summed E-state index contributed by atoms with van der Waals surface area (Å²) in [5.41, 5.74) is -0.678. The molecule has 0 aromatic heterocycles. The second-order valence-corrected chi connectivity index (χ2v) is 5.47. The number of rotatable bonds is 3. The normalized spacial score (nSPS) is 23.4. The van der Waals surface area contributed by atoms with Crippen molar-refractivity contribution in [1.29, 1.82) is 0 Å². The van der Waals surface area contributed by atoms with Crippen molar-refractivity contribution < 1.29 is 17.6 Å². The fraction of sp³-hybridized carbons (Fsp3) is 0.600. The van der Waals surface area contributed by atoms with Crippen LogP contribution in [0.2, 0.25) is 0 Å². The summed E-state index contributed by atoms with van der Waals surface area (Å²) >= 11 is 0. The zero-order chi connectivity index (χ0) is 14.7. The van der Waals surface area contributed by atoms with Gasteiger partial charge in [0.05, 0.1) is 0 Å². The van der Waals surface area contributed by atoms with E-state index in [9.17, 15) is 17.6 Å². The van der Waals surface area contributed by atoms with Crippen molar-refractivity contribution in [2.24, 2.45) is 5.92 Å². The molecule has 0 amide bonds. The molecule has 1 aromatic carbocycles. The van der Waals surface area contributed by atoms with Crippen molar-refractivity contribution in [3.8, 4) is 0 Å². The molecule has 20 heavy (non-hydrogen) atoms. The van der Waals surface area contributed by atoms with Gasteiger partial charge in [-0.2, -0.15) is 0 Å². The number of halogens is 4. The third-order valence-corrected chi connectivity index (χ3v) is 4.13. The lowest BCUT2D eigenvalue weighted by Crippen LogP contribution is -2.21. The van der Waals surface area contributed by atoms with E-state index in [1.807, 2.05) is 0 Å². The molecule has 112 valence electrons. The molecule has 1 aliphatic carbocycles. The lowest BCUT2D eigenvalue weighted by molar-refractivity contribution is 0.442. The van der Waals surface area contributed by atoms with Crippen LogP contribution in [0.25, 0.3) is 0 Å². The fourth-order valence-electron chi connectivity index (χ4n) is 2.84. The Balaban J connectivity index is 2.14. The van der Waals surface area contributed by atoms with Gasteiger partial charge in [0, 0.05) is 12.1 Å². The largest absolute Gasteiger partial charge is 0.377 e. The molecule has 1 N–H and O–H groups in total. The summed E-state index contributed by atoms with van der Waals surface area (Å²) in [6.07, 6.45) is 5.62. The van der Waals surface area contributed by atoms with Crippen LogP contribution in [0.3, 0.4) is 0 Å². The summed E-state index contributed by atoms with van der Waals surface area (Å²) in [5.74, 6) is -4.81. The Morgan fingerprint density at radius 2 is 1.65 bits per heavy atom. The van der Waals surface area contributed by atoms with Gasteiger partial charge in [0.1, 0.15) is 5.69 Å². The maximum absolute atomic E-state index is 13.6. The Kier molecular flexibility index (Phi) is 4.89. The zero-order valence-corrected chi connectivity index (χ0v) is 11.5. The molecule has 0 bridgehead atoms. The highest BCUT2D eigenvalue weighted by Crippen LogP contribution is 2.30. The predicted octanol–water partition coefficient (Wildman–Crippen LogP) is 5.01. The molecular weight excluding hydrogens is 270 g/mol. The molecule has 1 fully saturated rings. The van der Waals surface area contributed by atoms with Crippen molar-refractivity contribution >= 4 is 5.69 Å². The van der Waals surface area contributed by atoms with Crippen LogP contribution in [0, 0.1) is 29.2 Å². The van der Waals surface area contributed by atoms with Crippen molar-refractivity contribution in [3.05, 3.63) is 29.3 Å². The highest BCUT2D eigenvalue weighted by atomic mass is 19.2. The molecule has 1 nitrogen and oxygen atoms in total. The molecule has 0 radical (unpaired) electrons. The van der Waals surface area contributed by atoms with E-state index in [1.54, 1.807) is 0 Å². The summed E-state index contributed by atoms with van der Waals surface area (Å²) in [7, 11) is 0. The van der Waals surface area contributed by atoms with E-state index < -0.39 is 29.0 Å². The van der Waals surface area contributed by atoms with Crippen molar-refractivity contribution in [3.63, 3.8) is 0 Å². The van der Waals surface area contributed by atoms with Crippen LogP contribution in [0.1, 0.15) is 45.4 Å². The first-order valence-corrected chi connectivity index (χ1v) is 7.12. The molecule has 2 unspecified atom stereocenters. The van der Waals surface area contributed by atoms with Gasteiger partial charge in [-0.3, -0.25) is 0 Å². The third kappa shape index (κ3) is 3.25. The van der Waals surface area contributed by atoms with Crippen molar-refractivity contribution in [2.75, 3.05) is 5.32 Å². The van der Waals surface area contributed by atoms with Gasteiger partial charge in [-0.05, 0) is 25.2 Å². The Morgan fingerprint density at radius 3 is 2.25 bits per heavy atom. The maximum atomic E-state index is 13.6. The van der Waals surface area contributed by atoms with Gasteiger partial charge in [-0.1, -0.05) is 26.2 Å². The lowest BCUT2D eigenvalue weighted by atomic mass is 9.98. The smallest absolute Gasteiger partial charge is 0.185 e. The molecule has 1 saturated carbocycles. The lowest BCUT2D eigenvalue weighted by Gasteiger charge is -2.19. The fourth-order valence-corrected chi connectivity index (χ4v) is 2.84. The van der Waals surface area contributed by atoms with E-state index in [0.29, 0.717) is 5.92 Å². The molecular formula is C15H19F4N. The first-order valence-electron chi connectivity index (χ1n) is 7.12. The molecule has 1 aromatic rings.